The van der Waals surface area contributed by atoms with Gasteiger partial charge in [-0.3, -0.25) is 4.68 Å². The number of nitrogens with zero attached hydrogens (tertiary/aromatic N) is 2. The highest BCUT2D eigenvalue weighted by Gasteiger charge is 2.18. The van der Waals surface area contributed by atoms with E-state index < -0.39 is 6.10 Å². The summed E-state index contributed by atoms with van der Waals surface area (Å²) >= 11 is 6.85. The van der Waals surface area contributed by atoms with E-state index in [1.165, 1.54) is 0 Å². The molecule has 2 rings (SSSR count). The number of rotatable bonds is 6. The van der Waals surface area contributed by atoms with Crippen molar-refractivity contribution in [2.24, 2.45) is 0 Å². The van der Waals surface area contributed by atoms with Crippen molar-refractivity contribution in [1.82, 2.24) is 9.78 Å². The molecular weight excluding hydrogens is 388 g/mol. The topological polar surface area (TPSA) is 47.3 Å². The summed E-state index contributed by atoms with van der Waals surface area (Å²) in [5.74, 6) is 0. The minimum Gasteiger partial charge on any atom is -0.386 e. The molecule has 0 aliphatic heterocycles. The van der Waals surface area contributed by atoms with E-state index in [0.717, 1.165) is 20.2 Å². The molecule has 0 spiro atoms. The molecule has 6 heteroatoms. The Kier molecular flexibility index (Phi) is 5.77. The SMILES string of the molecule is COCCn1ncc(Br)c1C(O)Cc1ccc(Br)cc1. The number of aromatic nitrogens is 2. The third-order valence-electron chi connectivity index (χ3n) is 3.00. The van der Waals surface area contributed by atoms with E-state index in [4.69, 9.17) is 4.74 Å². The number of aliphatic hydroxyl groups is 1. The molecule has 0 radical (unpaired) electrons. The number of hydrogen-bond donors (Lipinski definition) is 1. The Bertz CT molecular complexity index is 555. The monoisotopic (exact) mass is 402 g/mol. The molecule has 2 aromatic rings. The van der Waals surface area contributed by atoms with Crippen LogP contribution in [0.4, 0.5) is 0 Å². The highest BCUT2D eigenvalue weighted by Crippen LogP contribution is 2.26. The maximum atomic E-state index is 10.4. The molecule has 0 aliphatic rings. The third-order valence-corrected chi connectivity index (χ3v) is 4.14. The van der Waals surface area contributed by atoms with Crippen LogP contribution in [0.1, 0.15) is 17.4 Å². The van der Waals surface area contributed by atoms with Crippen molar-refractivity contribution in [3.8, 4) is 0 Å². The van der Waals surface area contributed by atoms with Crippen LogP contribution in [-0.4, -0.2) is 28.6 Å². The zero-order chi connectivity index (χ0) is 14.5. The summed E-state index contributed by atoms with van der Waals surface area (Å²) in [5.41, 5.74) is 1.86. The third kappa shape index (κ3) is 3.91. The molecule has 1 aromatic heterocycles. The van der Waals surface area contributed by atoms with Gasteiger partial charge in [0.1, 0.15) is 6.10 Å². The second-order valence-electron chi connectivity index (χ2n) is 4.44. The Labute approximate surface area is 135 Å². The minimum absolute atomic E-state index is 0.546. The maximum absolute atomic E-state index is 10.4. The minimum atomic E-state index is -0.607. The summed E-state index contributed by atoms with van der Waals surface area (Å²) in [6.45, 7) is 1.18. The molecule has 108 valence electrons. The summed E-state index contributed by atoms with van der Waals surface area (Å²) in [6.07, 6.45) is 1.64. The van der Waals surface area contributed by atoms with Gasteiger partial charge >= 0.3 is 0 Å². The van der Waals surface area contributed by atoms with Gasteiger partial charge in [0.05, 0.1) is 29.5 Å². The van der Waals surface area contributed by atoms with Gasteiger partial charge in [-0.05, 0) is 33.6 Å². The van der Waals surface area contributed by atoms with Crippen LogP contribution in [-0.2, 0) is 17.7 Å². The van der Waals surface area contributed by atoms with Gasteiger partial charge in [0.2, 0.25) is 0 Å². The zero-order valence-corrected chi connectivity index (χ0v) is 14.3. The van der Waals surface area contributed by atoms with E-state index in [9.17, 15) is 5.11 Å². The van der Waals surface area contributed by atoms with Crippen LogP contribution in [0.25, 0.3) is 0 Å². The molecule has 1 unspecified atom stereocenters. The summed E-state index contributed by atoms with van der Waals surface area (Å²) < 4.78 is 8.68. The van der Waals surface area contributed by atoms with Crippen LogP contribution in [0.5, 0.6) is 0 Å². The Morgan fingerprint density at radius 3 is 2.65 bits per heavy atom. The highest BCUT2D eigenvalue weighted by molar-refractivity contribution is 9.10. The number of halogens is 2. The predicted molar refractivity (Wildman–Crippen MR) is 84.6 cm³/mol. The van der Waals surface area contributed by atoms with Crippen LogP contribution in [0.2, 0.25) is 0 Å². The molecule has 0 aliphatic carbocycles. The van der Waals surface area contributed by atoms with Gasteiger partial charge in [-0.25, -0.2) is 0 Å². The average molecular weight is 404 g/mol. The van der Waals surface area contributed by atoms with Crippen molar-refractivity contribution < 1.29 is 9.84 Å². The molecule has 1 N–H and O–H groups in total. The van der Waals surface area contributed by atoms with E-state index >= 15 is 0 Å². The zero-order valence-electron chi connectivity index (χ0n) is 11.1. The lowest BCUT2D eigenvalue weighted by Crippen LogP contribution is -2.14. The first kappa shape index (κ1) is 15.7. The van der Waals surface area contributed by atoms with Crippen LogP contribution >= 0.6 is 31.9 Å². The predicted octanol–water partition coefficient (Wildman–Crippen LogP) is 3.33. The highest BCUT2D eigenvalue weighted by atomic mass is 79.9. The van der Waals surface area contributed by atoms with Crippen molar-refractivity contribution in [3.63, 3.8) is 0 Å². The average Bonchev–Trinajstić information content (AvgIpc) is 2.80. The van der Waals surface area contributed by atoms with Crippen molar-refractivity contribution in [3.05, 3.63) is 50.7 Å². The van der Waals surface area contributed by atoms with Crippen molar-refractivity contribution >= 4 is 31.9 Å². The lowest BCUT2D eigenvalue weighted by Gasteiger charge is -2.14. The molecule has 0 amide bonds. The molecule has 1 aromatic carbocycles. The molecule has 1 atom stereocenters. The van der Waals surface area contributed by atoms with E-state index in [1.807, 2.05) is 24.3 Å². The number of ether oxygens (including phenoxy) is 1. The van der Waals surface area contributed by atoms with Crippen LogP contribution in [0.3, 0.4) is 0 Å². The number of aliphatic hydroxyl groups excluding tert-OH is 1. The van der Waals surface area contributed by atoms with Gasteiger partial charge in [0.25, 0.3) is 0 Å². The fourth-order valence-electron chi connectivity index (χ4n) is 2.00. The molecule has 0 fully saturated rings. The summed E-state index contributed by atoms with van der Waals surface area (Å²) in [4.78, 5) is 0. The Morgan fingerprint density at radius 1 is 1.30 bits per heavy atom. The van der Waals surface area contributed by atoms with E-state index in [0.29, 0.717) is 19.6 Å². The van der Waals surface area contributed by atoms with Gasteiger partial charge in [0, 0.05) is 18.0 Å². The molecule has 1 heterocycles. The number of hydrogen-bond acceptors (Lipinski definition) is 3. The number of methoxy groups -OCH3 is 1. The van der Waals surface area contributed by atoms with Crippen molar-refractivity contribution in [2.75, 3.05) is 13.7 Å². The van der Waals surface area contributed by atoms with Gasteiger partial charge < -0.3 is 9.84 Å². The Hall–Kier alpha value is -0.690. The molecule has 0 bridgehead atoms. The summed E-state index contributed by atoms with van der Waals surface area (Å²) in [5, 5.41) is 14.7. The molecular formula is C14H16Br2N2O2. The van der Waals surface area contributed by atoms with Crippen molar-refractivity contribution in [1.29, 1.82) is 0 Å². The molecule has 0 saturated carbocycles. The lowest BCUT2D eigenvalue weighted by molar-refractivity contribution is 0.152. The first-order valence-corrected chi connectivity index (χ1v) is 7.83. The van der Waals surface area contributed by atoms with E-state index in [2.05, 4.69) is 37.0 Å². The van der Waals surface area contributed by atoms with Gasteiger partial charge in [-0.15, -0.1) is 0 Å². The largest absolute Gasteiger partial charge is 0.386 e. The first-order chi connectivity index (χ1) is 9.61. The molecule has 20 heavy (non-hydrogen) atoms. The Balaban J connectivity index is 2.13. The quantitative estimate of drug-likeness (QED) is 0.804. The molecule has 0 saturated heterocycles. The van der Waals surface area contributed by atoms with Gasteiger partial charge in [0.15, 0.2) is 0 Å². The standard InChI is InChI=1S/C14H16Br2N2O2/c1-20-7-6-18-14(12(16)9-17-18)13(19)8-10-2-4-11(15)5-3-10/h2-5,9,13,19H,6-8H2,1H3. The first-order valence-electron chi connectivity index (χ1n) is 6.24. The smallest absolute Gasteiger partial charge is 0.101 e. The van der Waals surface area contributed by atoms with Crippen LogP contribution in [0, 0.1) is 0 Å². The van der Waals surface area contributed by atoms with Gasteiger partial charge in [-0.1, -0.05) is 28.1 Å². The van der Waals surface area contributed by atoms with E-state index in [-0.39, 0.29) is 0 Å². The second-order valence-corrected chi connectivity index (χ2v) is 6.21. The maximum Gasteiger partial charge on any atom is 0.101 e. The second kappa shape index (κ2) is 7.36. The summed E-state index contributed by atoms with van der Waals surface area (Å²) in [7, 11) is 1.65. The summed E-state index contributed by atoms with van der Waals surface area (Å²) in [6, 6.07) is 7.94. The fourth-order valence-corrected chi connectivity index (χ4v) is 2.82. The Morgan fingerprint density at radius 2 is 2.00 bits per heavy atom. The number of benzene rings is 1. The van der Waals surface area contributed by atoms with Crippen LogP contribution in [0.15, 0.2) is 39.4 Å². The van der Waals surface area contributed by atoms with E-state index in [1.54, 1.807) is 18.0 Å². The molecule has 4 nitrogen and oxygen atoms in total. The van der Waals surface area contributed by atoms with Crippen LogP contribution < -0.4 is 0 Å². The van der Waals surface area contributed by atoms with Crippen molar-refractivity contribution in [2.45, 2.75) is 19.1 Å². The lowest BCUT2D eigenvalue weighted by atomic mass is 10.1. The van der Waals surface area contributed by atoms with Gasteiger partial charge in [-0.2, -0.15) is 5.10 Å². The normalized spacial score (nSPS) is 12.6. The fraction of sp³-hybridized carbons (Fsp3) is 0.357.